The minimum absolute atomic E-state index is 0.0540. The zero-order valence-electron chi connectivity index (χ0n) is 14.6. The van der Waals surface area contributed by atoms with Crippen molar-refractivity contribution >= 4 is 16.9 Å². The molecule has 3 rings (SSSR count). The number of halogens is 3. The highest BCUT2D eigenvalue weighted by Gasteiger charge is 2.36. The van der Waals surface area contributed by atoms with Crippen LogP contribution in [0.5, 0.6) is 5.88 Å². The molecule has 1 fully saturated rings. The third-order valence-corrected chi connectivity index (χ3v) is 4.22. The highest BCUT2D eigenvalue weighted by Crippen LogP contribution is 2.37. The van der Waals surface area contributed by atoms with E-state index in [4.69, 9.17) is 9.47 Å². The van der Waals surface area contributed by atoms with Gasteiger partial charge < -0.3 is 14.4 Å². The Morgan fingerprint density at radius 3 is 2.62 bits per heavy atom. The van der Waals surface area contributed by atoms with E-state index in [-0.39, 0.29) is 28.5 Å². The third kappa shape index (κ3) is 3.46. The zero-order chi connectivity index (χ0) is 19.1. The van der Waals surface area contributed by atoms with Crippen molar-refractivity contribution in [3.8, 4) is 5.88 Å². The minimum Gasteiger partial charge on any atom is -0.464 e. The van der Waals surface area contributed by atoms with Crippen LogP contribution >= 0.6 is 0 Å². The summed E-state index contributed by atoms with van der Waals surface area (Å²) in [6.07, 6.45) is -5.56. The van der Waals surface area contributed by atoms with Gasteiger partial charge in [-0.25, -0.2) is 0 Å². The molecule has 0 spiro atoms. The first kappa shape index (κ1) is 18.4. The molecular weight excluding hydrogens is 353 g/mol. The first-order valence-corrected chi connectivity index (χ1v) is 8.13. The van der Waals surface area contributed by atoms with Crippen molar-refractivity contribution < 1.29 is 27.4 Å². The van der Waals surface area contributed by atoms with Crippen LogP contribution in [0.1, 0.15) is 18.2 Å². The van der Waals surface area contributed by atoms with Crippen LogP contribution in [0.25, 0.3) is 11.0 Å². The van der Waals surface area contributed by atoms with Crippen LogP contribution in [-0.2, 0) is 22.8 Å². The fourth-order valence-corrected chi connectivity index (χ4v) is 2.98. The Morgan fingerprint density at radius 2 is 2.00 bits per heavy atom. The molecule has 2 aromatic rings. The first-order valence-electron chi connectivity index (χ1n) is 8.13. The van der Waals surface area contributed by atoms with Gasteiger partial charge in [0, 0.05) is 26.2 Å². The van der Waals surface area contributed by atoms with Gasteiger partial charge in [-0.15, -0.1) is 0 Å². The largest absolute Gasteiger partial charge is 0.464 e. The van der Waals surface area contributed by atoms with Gasteiger partial charge in [-0.05, 0) is 13.8 Å². The Balaban J connectivity index is 1.92. The number of ether oxygens (including phenoxy) is 2. The molecule has 0 N–H and O–H groups in total. The number of carbonyl (C=O) groups is 1. The molecule has 142 valence electrons. The van der Waals surface area contributed by atoms with Crippen molar-refractivity contribution in [2.45, 2.75) is 26.1 Å². The smallest absolute Gasteiger partial charge is 0.417 e. The third-order valence-electron chi connectivity index (χ3n) is 4.22. The summed E-state index contributed by atoms with van der Waals surface area (Å²) in [5.74, 6) is -0.577. The van der Waals surface area contributed by atoms with Crippen LogP contribution in [0.3, 0.4) is 0 Å². The van der Waals surface area contributed by atoms with Crippen molar-refractivity contribution in [2.75, 3.05) is 26.3 Å². The SMILES string of the molecule is Cc1nn(C)c2nc(OC(C)C(=O)N3CCOCC3)cc(C(F)(F)F)c12. The predicted molar refractivity (Wildman–Crippen MR) is 85.7 cm³/mol. The van der Waals surface area contributed by atoms with Crippen molar-refractivity contribution in [2.24, 2.45) is 7.05 Å². The number of nitrogens with zero attached hydrogens (tertiary/aromatic N) is 4. The summed E-state index contributed by atoms with van der Waals surface area (Å²) in [5.41, 5.74) is -0.598. The molecular formula is C16H19F3N4O3. The van der Waals surface area contributed by atoms with Gasteiger partial charge >= 0.3 is 6.18 Å². The van der Waals surface area contributed by atoms with Crippen LogP contribution in [0.2, 0.25) is 0 Å². The second kappa shape index (κ2) is 6.75. The molecule has 0 bridgehead atoms. The van der Waals surface area contributed by atoms with E-state index in [0.717, 1.165) is 6.07 Å². The van der Waals surface area contributed by atoms with Crippen LogP contribution in [0.4, 0.5) is 13.2 Å². The van der Waals surface area contributed by atoms with Crippen LogP contribution in [0, 0.1) is 6.92 Å². The molecule has 1 unspecified atom stereocenters. The standard InChI is InChI=1S/C16H19F3N4O3/c1-9-13-11(16(17,18)19)8-12(20-14(13)22(3)21-9)26-10(2)15(24)23-4-6-25-7-5-23/h8,10H,4-7H2,1-3H3. The van der Waals surface area contributed by atoms with E-state index in [9.17, 15) is 18.0 Å². The van der Waals surface area contributed by atoms with Gasteiger partial charge in [0.05, 0.1) is 29.9 Å². The maximum atomic E-state index is 13.5. The van der Waals surface area contributed by atoms with E-state index in [0.29, 0.717) is 26.3 Å². The van der Waals surface area contributed by atoms with Gasteiger partial charge in [0.2, 0.25) is 5.88 Å². The molecule has 3 heterocycles. The monoisotopic (exact) mass is 372 g/mol. The highest BCUT2D eigenvalue weighted by atomic mass is 19.4. The molecule has 0 aromatic carbocycles. The number of morpholine rings is 1. The lowest BCUT2D eigenvalue weighted by Crippen LogP contribution is -2.46. The normalized spacial score (nSPS) is 16.8. The summed E-state index contributed by atoms with van der Waals surface area (Å²) in [4.78, 5) is 18.1. The Morgan fingerprint density at radius 1 is 1.35 bits per heavy atom. The molecule has 1 aliphatic rings. The quantitative estimate of drug-likeness (QED) is 0.823. The molecule has 1 saturated heterocycles. The van der Waals surface area contributed by atoms with Crippen molar-refractivity contribution in [1.29, 1.82) is 0 Å². The van der Waals surface area contributed by atoms with E-state index in [1.54, 1.807) is 4.90 Å². The topological polar surface area (TPSA) is 69.5 Å². The number of pyridine rings is 1. The lowest BCUT2D eigenvalue weighted by molar-refractivity contribution is -0.142. The fraction of sp³-hybridized carbons (Fsp3) is 0.562. The summed E-state index contributed by atoms with van der Waals surface area (Å²) in [7, 11) is 1.51. The van der Waals surface area contributed by atoms with Crippen LogP contribution < -0.4 is 4.74 Å². The van der Waals surface area contributed by atoms with Gasteiger partial charge in [0.1, 0.15) is 0 Å². The molecule has 1 aliphatic heterocycles. The van der Waals surface area contributed by atoms with Crippen molar-refractivity contribution in [3.05, 3.63) is 17.3 Å². The van der Waals surface area contributed by atoms with E-state index in [1.807, 2.05) is 0 Å². The number of hydrogen-bond donors (Lipinski definition) is 0. The summed E-state index contributed by atoms with van der Waals surface area (Å²) >= 11 is 0. The second-order valence-corrected chi connectivity index (χ2v) is 6.11. The number of fused-ring (bicyclic) bond motifs is 1. The number of carbonyl (C=O) groups excluding carboxylic acids is 1. The number of aryl methyl sites for hydroxylation is 2. The maximum absolute atomic E-state index is 13.5. The van der Waals surface area contributed by atoms with E-state index in [2.05, 4.69) is 10.1 Å². The Hall–Kier alpha value is -2.36. The summed E-state index contributed by atoms with van der Waals surface area (Å²) in [6.45, 7) is 4.68. The lowest BCUT2D eigenvalue weighted by Gasteiger charge is -2.29. The Kier molecular flexibility index (Phi) is 4.78. The summed E-state index contributed by atoms with van der Waals surface area (Å²) in [6, 6.07) is 0.820. The van der Waals surface area contributed by atoms with Gasteiger partial charge in [0.25, 0.3) is 5.91 Å². The van der Waals surface area contributed by atoms with E-state index in [1.165, 1.54) is 25.6 Å². The fourth-order valence-electron chi connectivity index (χ4n) is 2.98. The molecule has 1 amide bonds. The summed E-state index contributed by atoms with van der Waals surface area (Å²) in [5, 5.41) is 3.93. The van der Waals surface area contributed by atoms with Crippen LogP contribution in [-0.4, -0.2) is 58.0 Å². The molecule has 10 heteroatoms. The summed E-state index contributed by atoms with van der Waals surface area (Å²) < 4.78 is 52.3. The van der Waals surface area contributed by atoms with Gasteiger partial charge in [0.15, 0.2) is 11.8 Å². The maximum Gasteiger partial charge on any atom is 0.417 e. The Bertz CT molecular complexity index is 828. The molecule has 26 heavy (non-hydrogen) atoms. The Labute approximate surface area is 147 Å². The molecule has 0 aliphatic carbocycles. The molecule has 7 nitrogen and oxygen atoms in total. The van der Waals surface area contributed by atoms with Gasteiger partial charge in [-0.1, -0.05) is 0 Å². The second-order valence-electron chi connectivity index (χ2n) is 6.11. The molecule has 0 radical (unpaired) electrons. The minimum atomic E-state index is -4.59. The molecule has 2 aromatic heterocycles. The number of rotatable bonds is 3. The van der Waals surface area contributed by atoms with Crippen LogP contribution in [0.15, 0.2) is 6.07 Å². The van der Waals surface area contributed by atoms with E-state index >= 15 is 0 Å². The average molecular weight is 372 g/mol. The highest BCUT2D eigenvalue weighted by molar-refractivity contribution is 5.84. The van der Waals surface area contributed by atoms with Gasteiger partial charge in [-0.2, -0.15) is 23.3 Å². The number of alkyl halides is 3. The van der Waals surface area contributed by atoms with Gasteiger partial charge in [-0.3, -0.25) is 9.48 Å². The average Bonchev–Trinajstić information content (AvgIpc) is 2.87. The lowest BCUT2D eigenvalue weighted by atomic mass is 10.1. The number of aromatic nitrogens is 3. The number of hydrogen-bond acceptors (Lipinski definition) is 5. The molecule has 0 saturated carbocycles. The first-order chi connectivity index (χ1) is 12.2. The van der Waals surface area contributed by atoms with E-state index < -0.39 is 17.8 Å². The zero-order valence-corrected chi connectivity index (χ0v) is 14.6. The van der Waals surface area contributed by atoms with Crippen molar-refractivity contribution in [1.82, 2.24) is 19.7 Å². The number of amides is 1. The predicted octanol–water partition coefficient (Wildman–Crippen LogP) is 1.92. The molecule has 1 atom stereocenters. The van der Waals surface area contributed by atoms with Crippen molar-refractivity contribution in [3.63, 3.8) is 0 Å².